The zero-order valence-electron chi connectivity index (χ0n) is 16.1. The van der Waals surface area contributed by atoms with Crippen molar-refractivity contribution in [3.63, 3.8) is 0 Å². The van der Waals surface area contributed by atoms with Crippen LogP contribution in [0.2, 0.25) is 0 Å². The van der Waals surface area contributed by atoms with Crippen LogP contribution in [0.5, 0.6) is 0 Å². The SMILES string of the molecule is O=[NH+]c1ccc(N2CCOCC2)c(C(=O)N2CCN(c3ccc(F)cc3)CC2)c1. The van der Waals surface area contributed by atoms with Crippen molar-refractivity contribution in [2.45, 2.75) is 0 Å². The molecule has 2 aromatic rings. The maximum atomic E-state index is 13.3. The topological polar surface area (TPSA) is 67.1 Å². The van der Waals surface area contributed by atoms with Crippen molar-refractivity contribution >= 4 is 23.0 Å². The Labute approximate surface area is 168 Å². The molecule has 29 heavy (non-hydrogen) atoms. The van der Waals surface area contributed by atoms with Crippen LogP contribution in [-0.4, -0.2) is 63.3 Å². The quantitative estimate of drug-likeness (QED) is 0.834. The molecule has 2 fully saturated rings. The number of morpholine rings is 1. The molecule has 2 saturated heterocycles. The van der Waals surface area contributed by atoms with E-state index in [9.17, 15) is 14.1 Å². The molecular formula is C21H24FN4O3+. The first kappa shape index (κ1) is 19.3. The van der Waals surface area contributed by atoms with Gasteiger partial charge in [0.2, 0.25) is 0 Å². The molecule has 2 aliphatic heterocycles. The van der Waals surface area contributed by atoms with E-state index in [-0.39, 0.29) is 11.7 Å². The number of nitrogens with zero attached hydrogens (tertiary/aromatic N) is 3. The second kappa shape index (κ2) is 8.57. The molecule has 0 aromatic heterocycles. The second-order valence-electron chi connectivity index (χ2n) is 7.19. The Morgan fingerprint density at radius 1 is 0.897 bits per heavy atom. The molecule has 152 valence electrons. The molecule has 4 rings (SSSR count). The molecule has 0 atom stereocenters. The molecule has 8 heteroatoms. The summed E-state index contributed by atoms with van der Waals surface area (Å²) in [7, 11) is 0. The molecule has 2 heterocycles. The number of amides is 1. The zero-order valence-corrected chi connectivity index (χ0v) is 16.1. The van der Waals surface area contributed by atoms with Gasteiger partial charge in [-0.3, -0.25) is 4.79 Å². The van der Waals surface area contributed by atoms with E-state index >= 15 is 0 Å². The van der Waals surface area contributed by atoms with Gasteiger partial charge in [-0.15, -0.1) is 0 Å². The third-order valence-corrected chi connectivity index (χ3v) is 5.46. The van der Waals surface area contributed by atoms with Gasteiger partial charge in [-0.05, 0) is 30.3 Å². The van der Waals surface area contributed by atoms with E-state index in [0.717, 1.165) is 11.4 Å². The minimum Gasteiger partial charge on any atom is -0.378 e. The molecule has 1 N–H and O–H groups in total. The maximum Gasteiger partial charge on any atom is 0.256 e. The number of piperazine rings is 1. The van der Waals surface area contributed by atoms with Gasteiger partial charge in [0.1, 0.15) is 5.82 Å². The minimum absolute atomic E-state index is 0.0812. The van der Waals surface area contributed by atoms with Crippen molar-refractivity contribution in [2.24, 2.45) is 0 Å². The summed E-state index contributed by atoms with van der Waals surface area (Å²) in [4.78, 5) is 30.5. The highest BCUT2D eigenvalue weighted by atomic mass is 19.1. The maximum absolute atomic E-state index is 13.3. The Balaban J connectivity index is 1.50. The lowest BCUT2D eigenvalue weighted by Gasteiger charge is -2.37. The molecule has 0 saturated carbocycles. The van der Waals surface area contributed by atoms with E-state index in [1.165, 1.54) is 12.1 Å². The van der Waals surface area contributed by atoms with Crippen molar-refractivity contribution < 1.29 is 19.1 Å². The molecule has 0 spiro atoms. The summed E-state index contributed by atoms with van der Waals surface area (Å²) in [6.45, 7) is 5.12. The number of anilines is 2. The fourth-order valence-electron chi connectivity index (χ4n) is 3.84. The number of carbonyl (C=O) groups excluding carboxylic acids is 1. The van der Waals surface area contributed by atoms with Crippen LogP contribution in [0.4, 0.5) is 21.5 Å². The molecular weight excluding hydrogens is 375 g/mol. The number of hydrogen-bond acceptors (Lipinski definition) is 5. The van der Waals surface area contributed by atoms with E-state index in [0.29, 0.717) is 63.7 Å². The Hall–Kier alpha value is -3.00. The number of nitroso groups, excluding NO2 is 1. The van der Waals surface area contributed by atoms with Crippen LogP contribution in [0.1, 0.15) is 10.4 Å². The molecule has 1 amide bonds. The molecule has 0 bridgehead atoms. The predicted molar refractivity (Wildman–Crippen MR) is 108 cm³/mol. The average Bonchev–Trinajstić information content (AvgIpc) is 2.79. The standard InChI is InChI=1S/C21H23FN4O3/c22-16-1-4-18(5-2-16)24-7-9-26(10-8-24)21(27)19-15-17(23-28)3-6-20(19)25-11-13-29-14-12-25/h1-6,15H,7-14H2/p+1. The van der Waals surface area contributed by atoms with Crippen LogP contribution < -0.4 is 15.0 Å². The third-order valence-electron chi connectivity index (χ3n) is 5.46. The Morgan fingerprint density at radius 2 is 1.59 bits per heavy atom. The van der Waals surface area contributed by atoms with Gasteiger partial charge in [0.15, 0.2) is 0 Å². The number of carbonyl (C=O) groups is 1. The van der Waals surface area contributed by atoms with Gasteiger partial charge in [-0.25, -0.2) is 4.39 Å². The van der Waals surface area contributed by atoms with Crippen LogP contribution in [-0.2, 0) is 4.74 Å². The minimum atomic E-state index is -0.259. The normalized spacial score (nSPS) is 17.3. The van der Waals surface area contributed by atoms with Crippen molar-refractivity contribution in [1.82, 2.24) is 4.90 Å². The van der Waals surface area contributed by atoms with Crippen molar-refractivity contribution in [2.75, 3.05) is 62.3 Å². The van der Waals surface area contributed by atoms with Crippen LogP contribution >= 0.6 is 0 Å². The van der Waals surface area contributed by atoms with Gasteiger partial charge in [0.25, 0.3) is 11.6 Å². The van der Waals surface area contributed by atoms with Gasteiger partial charge in [-0.2, -0.15) is 0 Å². The molecule has 0 aliphatic carbocycles. The van der Waals surface area contributed by atoms with Crippen LogP contribution in [0.15, 0.2) is 42.5 Å². The summed E-state index contributed by atoms with van der Waals surface area (Å²) in [5, 5.41) is 1.89. The summed E-state index contributed by atoms with van der Waals surface area (Å²) in [6, 6.07) is 11.6. The zero-order chi connectivity index (χ0) is 20.2. The fourth-order valence-corrected chi connectivity index (χ4v) is 3.84. The van der Waals surface area contributed by atoms with E-state index in [4.69, 9.17) is 4.74 Å². The van der Waals surface area contributed by atoms with Crippen LogP contribution in [0.3, 0.4) is 0 Å². The summed E-state index contributed by atoms with van der Waals surface area (Å²) < 4.78 is 18.6. The summed E-state index contributed by atoms with van der Waals surface area (Å²) >= 11 is 0. The second-order valence-corrected chi connectivity index (χ2v) is 7.19. The van der Waals surface area contributed by atoms with E-state index in [1.54, 1.807) is 24.3 Å². The lowest BCUT2D eigenvalue weighted by Crippen LogP contribution is -2.56. The molecule has 2 aromatic carbocycles. The number of halogens is 1. The van der Waals surface area contributed by atoms with E-state index in [2.05, 4.69) is 9.80 Å². The van der Waals surface area contributed by atoms with Crippen molar-refractivity contribution in [3.05, 3.63) is 58.8 Å². The molecule has 0 unspecified atom stereocenters. The van der Waals surface area contributed by atoms with Crippen LogP contribution in [0, 0.1) is 10.7 Å². The summed E-state index contributed by atoms with van der Waals surface area (Å²) in [5.41, 5.74) is 2.68. The number of rotatable bonds is 4. The monoisotopic (exact) mass is 399 g/mol. The van der Waals surface area contributed by atoms with Crippen molar-refractivity contribution in [3.8, 4) is 0 Å². The molecule has 2 aliphatic rings. The smallest absolute Gasteiger partial charge is 0.256 e. The number of ether oxygens (including phenoxy) is 1. The Bertz CT molecular complexity index is 876. The van der Waals surface area contributed by atoms with Gasteiger partial charge in [0.05, 0.1) is 24.5 Å². The lowest BCUT2D eigenvalue weighted by atomic mass is 10.1. The predicted octanol–water partition coefficient (Wildman–Crippen LogP) is 1.10. The molecule has 0 radical (unpaired) electrons. The first-order chi connectivity index (χ1) is 14.2. The highest BCUT2D eigenvalue weighted by molar-refractivity contribution is 6.00. The fraction of sp³-hybridized carbons (Fsp3) is 0.381. The lowest BCUT2D eigenvalue weighted by molar-refractivity contribution is -0.379. The Morgan fingerprint density at radius 3 is 2.24 bits per heavy atom. The van der Waals surface area contributed by atoms with E-state index < -0.39 is 0 Å². The number of hydrogen-bond donors (Lipinski definition) is 1. The van der Waals surface area contributed by atoms with Crippen molar-refractivity contribution in [1.29, 1.82) is 0 Å². The van der Waals surface area contributed by atoms with Gasteiger partial charge >= 0.3 is 0 Å². The van der Waals surface area contributed by atoms with Gasteiger partial charge < -0.3 is 19.4 Å². The van der Waals surface area contributed by atoms with E-state index in [1.807, 2.05) is 16.1 Å². The van der Waals surface area contributed by atoms with Gasteiger partial charge in [-0.1, -0.05) is 0 Å². The first-order valence-electron chi connectivity index (χ1n) is 9.80. The third kappa shape index (κ3) is 4.22. The molecule has 7 nitrogen and oxygen atoms in total. The number of nitrogens with one attached hydrogen (secondary N) is 1. The van der Waals surface area contributed by atoms with Gasteiger partial charge in [0, 0.05) is 67.2 Å². The number of benzene rings is 2. The van der Waals surface area contributed by atoms with Crippen LogP contribution in [0.25, 0.3) is 0 Å². The highest BCUT2D eigenvalue weighted by Gasteiger charge is 2.27. The summed E-state index contributed by atoms with van der Waals surface area (Å²) in [6.07, 6.45) is 0. The average molecular weight is 399 g/mol. The summed E-state index contributed by atoms with van der Waals surface area (Å²) in [5.74, 6) is -0.340. The largest absolute Gasteiger partial charge is 0.378 e. The highest BCUT2D eigenvalue weighted by Crippen LogP contribution is 2.26. The Kier molecular flexibility index (Phi) is 5.71. The first-order valence-corrected chi connectivity index (χ1v) is 9.80.